The Morgan fingerprint density at radius 2 is 1.95 bits per heavy atom. The largest absolute Gasteiger partial charge is 0.534 e. The second-order valence-electron chi connectivity index (χ2n) is 4.56. The summed E-state index contributed by atoms with van der Waals surface area (Å²) in [6.07, 6.45) is 2.69. The van der Waals surface area contributed by atoms with Crippen LogP contribution in [-0.4, -0.2) is 13.9 Å². The summed E-state index contributed by atoms with van der Waals surface area (Å²) in [4.78, 5) is 0. The minimum Gasteiger partial charge on any atom is -0.375 e. The van der Waals surface area contributed by atoms with Gasteiger partial charge in [0.25, 0.3) is 0 Å². The fraction of sp³-hybridized carbons (Fsp3) is 0.462. The molecule has 0 aromatic heterocycles. The lowest BCUT2D eigenvalue weighted by atomic mass is 10.0. The van der Waals surface area contributed by atoms with Crippen LogP contribution in [0.4, 0.5) is 13.2 Å². The molecule has 0 aliphatic heterocycles. The summed E-state index contributed by atoms with van der Waals surface area (Å²) in [5.41, 5.74) is -5.42. The molecule has 0 bridgehead atoms. The van der Waals surface area contributed by atoms with Crippen molar-refractivity contribution in [3.8, 4) is 6.07 Å². The molecule has 0 unspecified atom stereocenters. The van der Waals surface area contributed by atoms with Crippen molar-refractivity contribution in [1.82, 2.24) is 0 Å². The maximum Gasteiger partial charge on any atom is 0.534 e. The number of nitriles is 1. The number of hydrogen-bond donors (Lipinski definition) is 0. The van der Waals surface area contributed by atoms with Crippen molar-refractivity contribution in [3.05, 3.63) is 35.6 Å². The molecule has 0 saturated heterocycles. The fourth-order valence-corrected chi connectivity index (χ4v) is 1.88. The van der Waals surface area contributed by atoms with E-state index in [1.807, 2.05) is 13.8 Å². The molecule has 0 atom stereocenters. The monoisotopic (exact) mass is 323 g/mol. The summed E-state index contributed by atoms with van der Waals surface area (Å²) in [5.74, 6) is -0.456. The maximum atomic E-state index is 12.3. The van der Waals surface area contributed by atoms with Crippen LogP contribution in [-0.2, 0) is 14.3 Å². The first-order chi connectivity index (χ1) is 9.44. The molecule has 0 fully saturated rings. The van der Waals surface area contributed by atoms with Gasteiger partial charge in [0.2, 0.25) is 0 Å². The third-order valence-corrected chi connectivity index (χ3v) is 3.12. The van der Waals surface area contributed by atoms with Gasteiger partial charge >= 0.3 is 15.6 Å². The molecule has 0 N–H and O–H groups in total. The van der Waals surface area contributed by atoms with Crippen molar-refractivity contribution in [2.24, 2.45) is 5.92 Å². The molecule has 0 spiro atoms. The fourth-order valence-electron chi connectivity index (χ4n) is 1.36. The number of alkyl halides is 3. The van der Waals surface area contributed by atoms with Crippen molar-refractivity contribution in [2.45, 2.75) is 32.7 Å². The first-order valence-corrected chi connectivity index (χ1v) is 7.32. The number of halogens is 3. The molecule has 118 valence electrons. The average molecular weight is 323 g/mol. The van der Waals surface area contributed by atoms with E-state index in [0.717, 1.165) is 6.08 Å². The minimum absolute atomic E-state index is 0.225. The van der Waals surface area contributed by atoms with E-state index in [9.17, 15) is 21.6 Å². The zero-order chi connectivity index (χ0) is 16.8. The molecule has 0 amide bonds. The molecule has 8 heteroatoms. The van der Waals surface area contributed by atoms with E-state index in [4.69, 9.17) is 5.26 Å². The minimum atomic E-state index is -5.81. The van der Waals surface area contributed by atoms with E-state index in [0.29, 0.717) is 12.0 Å². The molecule has 21 heavy (non-hydrogen) atoms. The SMILES string of the molecule is C=C(/C=C(C#N)\C(=C/C)OS(=O)(=O)C(F)(F)F)CC(C)C. The van der Waals surface area contributed by atoms with E-state index >= 15 is 0 Å². The van der Waals surface area contributed by atoms with E-state index in [1.54, 1.807) is 6.07 Å². The van der Waals surface area contributed by atoms with Gasteiger partial charge in [0.1, 0.15) is 6.07 Å². The van der Waals surface area contributed by atoms with E-state index in [1.165, 1.54) is 13.0 Å². The second-order valence-corrected chi connectivity index (χ2v) is 6.10. The van der Waals surface area contributed by atoms with Crippen LogP contribution in [0.25, 0.3) is 0 Å². The Balaban J connectivity index is 5.42. The zero-order valence-corrected chi connectivity index (χ0v) is 12.7. The van der Waals surface area contributed by atoms with Crippen LogP contribution in [0.3, 0.4) is 0 Å². The predicted molar refractivity (Wildman–Crippen MR) is 72.1 cm³/mol. The van der Waals surface area contributed by atoms with Gasteiger partial charge in [0.05, 0.1) is 5.57 Å². The predicted octanol–water partition coefficient (Wildman–Crippen LogP) is 3.81. The highest BCUT2D eigenvalue weighted by Crippen LogP contribution is 2.29. The number of hydrogen-bond acceptors (Lipinski definition) is 4. The summed E-state index contributed by atoms with van der Waals surface area (Å²) >= 11 is 0. The second kappa shape index (κ2) is 7.31. The Bertz CT molecular complexity index is 593. The summed E-state index contributed by atoms with van der Waals surface area (Å²) < 4.78 is 62.7. The highest BCUT2D eigenvalue weighted by Gasteiger charge is 2.49. The van der Waals surface area contributed by atoms with Crippen molar-refractivity contribution >= 4 is 10.1 Å². The molecular weight excluding hydrogens is 307 g/mol. The van der Waals surface area contributed by atoms with Gasteiger partial charge < -0.3 is 4.18 Å². The third-order valence-electron chi connectivity index (χ3n) is 2.15. The molecule has 0 radical (unpaired) electrons. The van der Waals surface area contributed by atoms with Crippen LogP contribution in [0.15, 0.2) is 35.6 Å². The number of nitrogens with zero attached hydrogens (tertiary/aromatic N) is 1. The third kappa shape index (κ3) is 6.04. The highest BCUT2D eigenvalue weighted by atomic mass is 32.2. The van der Waals surface area contributed by atoms with Crippen molar-refractivity contribution < 1.29 is 25.8 Å². The maximum absolute atomic E-state index is 12.3. The summed E-state index contributed by atoms with van der Waals surface area (Å²) in [7, 11) is -5.81. The van der Waals surface area contributed by atoms with Gasteiger partial charge in [-0.15, -0.1) is 0 Å². The van der Waals surface area contributed by atoms with Gasteiger partial charge in [-0.2, -0.15) is 26.9 Å². The Morgan fingerprint density at radius 1 is 1.43 bits per heavy atom. The Kier molecular flexibility index (Phi) is 6.70. The van der Waals surface area contributed by atoms with Crippen LogP contribution < -0.4 is 0 Å². The molecule has 0 rings (SSSR count). The Morgan fingerprint density at radius 3 is 2.29 bits per heavy atom. The van der Waals surface area contributed by atoms with Gasteiger partial charge in [0.15, 0.2) is 5.76 Å². The smallest absolute Gasteiger partial charge is 0.375 e. The molecule has 0 aliphatic rings. The average Bonchev–Trinajstić information content (AvgIpc) is 2.30. The van der Waals surface area contributed by atoms with Gasteiger partial charge in [0, 0.05) is 0 Å². The van der Waals surface area contributed by atoms with Crippen molar-refractivity contribution in [3.63, 3.8) is 0 Å². The van der Waals surface area contributed by atoms with Crippen LogP contribution in [0.2, 0.25) is 0 Å². The molecular formula is C13H16F3NO3S. The zero-order valence-electron chi connectivity index (χ0n) is 11.9. The Hall–Kier alpha value is -1.75. The molecule has 4 nitrogen and oxygen atoms in total. The summed E-state index contributed by atoms with van der Waals surface area (Å²) in [5, 5.41) is 8.95. The van der Waals surface area contributed by atoms with Crippen LogP contribution in [0, 0.1) is 17.2 Å². The van der Waals surface area contributed by atoms with E-state index < -0.39 is 21.4 Å². The van der Waals surface area contributed by atoms with Gasteiger partial charge in [-0.05, 0) is 31.4 Å². The molecule has 0 aliphatic carbocycles. The molecule has 0 saturated carbocycles. The van der Waals surface area contributed by atoms with Crippen molar-refractivity contribution in [2.75, 3.05) is 0 Å². The van der Waals surface area contributed by atoms with Crippen LogP contribution in [0.5, 0.6) is 0 Å². The lowest BCUT2D eigenvalue weighted by Crippen LogP contribution is -2.25. The standard InChI is InChI=1S/C13H16F3NO3S/c1-5-12(20-21(18,19)13(14,15)16)11(8-17)7-10(4)6-9(2)3/h5,7,9H,4,6H2,1-3H3/b11-7-,12-5+. The van der Waals surface area contributed by atoms with Gasteiger partial charge in [-0.25, -0.2) is 0 Å². The van der Waals surface area contributed by atoms with Crippen LogP contribution >= 0.6 is 0 Å². The molecule has 0 aromatic carbocycles. The first-order valence-electron chi connectivity index (χ1n) is 5.91. The molecule has 0 heterocycles. The first kappa shape index (κ1) is 19.2. The Labute approximate surface area is 122 Å². The quantitative estimate of drug-likeness (QED) is 0.245. The van der Waals surface area contributed by atoms with E-state index in [2.05, 4.69) is 10.8 Å². The summed E-state index contributed by atoms with van der Waals surface area (Å²) in [6.45, 7) is 8.71. The van der Waals surface area contributed by atoms with Crippen LogP contribution in [0.1, 0.15) is 27.2 Å². The normalized spacial score (nSPS) is 14.0. The van der Waals surface area contributed by atoms with Gasteiger partial charge in [-0.1, -0.05) is 26.0 Å². The molecule has 0 aromatic rings. The van der Waals surface area contributed by atoms with Crippen molar-refractivity contribution in [1.29, 1.82) is 5.26 Å². The number of rotatable bonds is 6. The lowest BCUT2D eigenvalue weighted by molar-refractivity contribution is -0.0520. The number of allylic oxidation sites excluding steroid dienone is 4. The van der Waals surface area contributed by atoms with E-state index in [-0.39, 0.29) is 11.5 Å². The highest BCUT2D eigenvalue weighted by molar-refractivity contribution is 7.87. The summed E-state index contributed by atoms with van der Waals surface area (Å²) in [6, 6.07) is 1.61. The topological polar surface area (TPSA) is 67.2 Å². The lowest BCUT2D eigenvalue weighted by Gasteiger charge is -2.12. The van der Waals surface area contributed by atoms with Gasteiger partial charge in [-0.3, -0.25) is 0 Å².